The van der Waals surface area contributed by atoms with Crippen molar-refractivity contribution in [3.8, 4) is 33.0 Å². The van der Waals surface area contributed by atoms with E-state index >= 15 is 0 Å². The van der Waals surface area contributed by atoms with Crippen molar-refractivity contribution < 1.29 is 0 Å². The number of rotatable bonds is 3. The molecular weight excluding hydrogens is 504 g/mol. The first kappa shape index (κ1) is 23.1. The van der Waals surface area contributed by atoms with Gasteiger partial charge in [0.2, 0.25) is 0 Å². The summed E-state index contributed by atoms with van der Waals surface area (Å²) in [6.07, 6.45) is 0. The molecule has 0 aliphatic heterocycles. The quantitative estimate of drug-likeness (QED) is 0.213. The zero-order chi connectivity index (χ0) is 26.6. The SMILES string of the molecule is Cc1ccc2nc(-c3ccc(-c4ccc(-c5nc6ccccc6s5)cc4)cc3)c3ccc4ccccc4c3c2c1. The second kappa shape index (κ2) is 9.11. The number of thiazole rings is 1. The first-order chi connectivity index (χ1) is 19.7. The fraction of sp³-hybridized carbons (Fsp3) is 0.0270. The molecule has 0 saturated carbocycles. The predicted molar refractivity (Wildman–Crippen MR) is 171 cm³/mol. The molecular formula is C37H24N2S. The fourth-order valence-corrected chi connectivity index (χ4v) is 6.70. The summed E-state index contributed by atoms with van der Waals surface area (Å²) < 4.78 is 1.22. The number of aryl methyl sites for hydroxylation is 1. The van der Waals surface area contributed by atoms with Gasteiger partial charge in [0.25, 0.3) is 0 Å². The monoisotopic (exact) mass is 528 g/mol. The van der Waals surface area contributed by atoms with Gasteiger partial charge in [0.1, 0.15) is 5.01 Å². The Morgan fingerprint density at radius 1 is 0.500 bits per heavy atom. The standard InChI is InChI=1S/C37H24N2S/c1-23-10-21-32-31(22-23)35-29-7-3-2-6-26(29)19-20-30(35)36(38-32)27-15-11-24(12-16-27)25-13-17-28(18-14-25)37-39-33-8-4-5-9-34(33)40-37/h2-22H,1H3. The number of pyridine rings is 1. The maximum atomic E-state index is 5.18. The molecule has 0 bridgehead atoms. The van der Waals surface area contributed by atoms with Gasteiger partial charge >= 0.3 is 0 Å². The average molecular weight is 529 g/mol. The third-order valence-electron chi connectivity index (χ3n) is 7.76. The maximum absolute atomic E-state index is 5.18. The van der Waals surface area contributed by atoms with Crippen LogP contribution in [0.25, 0.3) is 75.6 Å². The molecule has 0 unspecified atom stereocenters. The molecule has 8 rings (SSSR count). The van der Waals surface area contributed by atoms with Crippen molar-refractivity contribution in [2.24, 2.45) is 0 Å². The summed E-state index contributed by atoms with van der Waals surface area (Å²) in [4.78, 5) is 9.99. The summed E-state index contributed by atoms with van der Waals surface area (Å²) in [6, 6.07) is 45.5. The molecule has 6 aromatic carbocycles. The molecule has 0 aliphatic rings. The summed E-state index contributed by atoms with van der Waals surface area (Å²) in [5.74, 6) is 0. The molecule has 0 atom stereocenters. The number of fused-ring (bicyclic) bond motifs is 6. The zero-order valence-corrected chi connectivity index (χ0v) is 22.7. The molecule has 2 heterocycles. The first-order valence-corrected chi connectivity index (χ1v) is 14.3. The molecule has 40 heavy (non-hydrogen) atoms. The maximum Gasteiger partial charge on any atom is 0.124 e. The molecule has 2 nitrogen and oxygen atoms in total. The second-order valence-electron chi connectivity index (χ2n) is 10.3. The Kier molecular flexibility index (Phi) is 5.26. The third-order valence-corrected chi connectivity index (χ3v) is 8.84. The van der Waals surface area contributed by atoms with Crippen LogP contribution in [0.15, 0.2) is 127 Å². The molecule has 0 radical (unpaired) electrons. The lowest BCUT2D eigenvalue weighted by Gasteiger charge is -2.13. The van der Waals surface area contributed by atoms with Gasteiger partial charge in [-0.25, -0.2) is 9.97 Å². The molecule has 0 saturated heterocycles. The fourth-order valence-electron chi connectivity index (χ4n) is 5.73. The lowest BCUT2D eigenvalue weighted by atomic mass is 9.94. The minimum atomic E-state index is 1.02. The Morgan fingerprint density at radius 3 is 2.00 bits per heavy atom. The lowest BCUT2D eigenvalue weighted by Crippen LogP contribution is -1.91. The van der Waals surface area contributed by atoms with Gasteiger partial charge < -0.3 is 0 Å². The topological polar surface area (TPSA) is 25.8 Å². The number of para-hydroxylation sites is 1. The van der Waals surface area contributed by atoms with Gasteiger partial charge in [-0.3, -0.25) is 0 Å². The van der Waals surface area contributed by atoms with Crippen molar-refractivity contribution in [1.29, 1.82) is 0 Å². The van der Waals surface area contributed by atoms with Crippen LogP contribution in [-0.4, -0.2) is 9.97 Å². The smallest absolute Gasteiger partial charge is 0.124 e. The van der Waals surface area contributed by atoms with Crippen LogP contribution in [0.2, 0.25) is 0 Å². The van der Waals surface area contributed by atoms with E-state index in [4.69, 9.17) is 9.97 Å². The van der Waals surface area contributed by atoms with Crippen LogP contribution in [-0.2, 0) is 0 Å². The summed E-state index contributed by atoms with van der Waals surface area (Å²) in [5, 5.41) is 7.24. The number of aromatic nitrogens is 2. The molecule has 3 heteroatoms. The van der Waals surface area contributed by atoms with Crippen LogP contribution in [0.3, 0.4) is 0 Å². The first-order valence-electron chi connectivity index (χ1n) is 13.5. The van der Waals surface area contributed by atoms with Gasteiger partial charge in [-0.2, -0.15) is 0 Å². The molecule has 0 spiro atoms. The largest absolute Gasteiger partial charge is 0.247 e. The Morgan fingerprint density at radius 2 is 1.20 bits per heavy atom. The molecule has 0 fully saturated rings. The van der Waals surface area contributed by atoms with E-state index in [-0.39, 0.29) is 0 Å². The van der Waals surface area contributed by atoms with E-state index in [1.54, 1.807) is 11.3 Å². The van der Waals surface area contributed by atoms with Crippen LogP contribution in [0.5, 0.6) is 0 Å². The summed E-state index contributed by atoms with van der Waals surface area (Å²) >= 11 is 1.74. The van der Waals surface area contributed by atoms with Crippen molar-refractivity contribution in [2.45, 2.75) is 6.92 Å². The molecule has 0 aliphatic carbocycles. The van der Waals surface area contributed by atoms with E-state index in [0.29, 0.717) is 0 Å². The Labute approximate surface area is 236 Å². The summed E-state index contributed by atoms with van der Waals surface area (Å²) in [7, 11) is 0. The van der Waals surface area contributed by atoms with Crippen molar-refractivity contribution in [2.75, 3.05) is 0 Å². The van der Waals surface area contributed by atoms with Gasteiger partial charge in [0, 0.05) is 27.3 Å². The van der Waals surface area contributed by atoms with E-state index in [1.807, 2.05) is 6.07 Å². The molecule has 2 aromatic heterocycles. The second-order valence-corrected chi connectivity index (χ2v) is 11.4. The van der Waals surface area contributed by atoms with E-state index in [9.17, 15) is 0 Å². The normalized spacial score (nSPS) is 11.6. The van der Waals surface area contributed by atoms with Gasteiger partial charge in [-0.15, -0.1) is 11.3 Å². The van der Waals surface area contributed by atoms with Crippen LogP contribution in [0.4, 0.5) is 0 Å². The number of hydrogen-bond acceptors (Lipinski definition) is 3. The zero-order valence-electron chi connectivity index (χ0n) is 21.9. The van der Waals surface area contributed by atoms with E-state index in [1.165, 1.54) is 48.3 Å². The van der Waals surface area contributed by atoms with E-state index in [2.05, 4.69) is 128 Å². The van der Waals surface area contributed by atoms with Gasteiger partial charge in [0.05, 0.1) is 21.4 Å². The highest BCUT2D eigenvalue weighted by Gasteiger charge is 2.14. The van der Waals surface area contributed by atoms with Crippen LogP contribution >= 0.6 is 11.3 Å². The van der Waals surface area contributed by atoms with Crippen molar-refractivity contribution >= 4 is 54.0 Å². The summed E-state index contributed by atoms with van der Waals surface area (Å²) in [5.41, 5.74) is 9.00. The summed E-state index contributed by atoms with van der Waals surface area (Å²) in [6.45, 7) is 2.15. The highest BCUT2D eigenvalue weighted by Crippen LogP contribution is 2.38. The number of hydrogen-bond donors (Lipinski definition) is 0. The molecule has 188 valence electrons. The average Bonchev–Trinajstić information content (AvgIpc) is 3.45. The Balaban J connectivity index is 1.20. The van der Waals surface area contributed by atoms with Crippen LogP contribution < -0.4 is 0 Å². The highest BCUT2D eigenvalue weighted by atomic mass is 32.1. The Bertz CT molecular complexity index is 2170. The van der Waals surface area contributed by atoms with Gasteiger partial charge in [0.15, 0.2) is 0 Å². The minimum Gasteiger partial charge on any atom is -0.247 e. The van der Waals surface area contributed by atoms with Crippen LogP contribution in [0.1, 0.15) is 5.56 Å². The van der Waals surface area contributed by atoms with Gasteiger partial charge in [-0.1, -0.05) is 109 Å². The van der Waals surface area contributed by atoms with Crippen molar-refractivity contribution in [3.63, 3.8) is 0 Å². The lowest BCUT2D eigenvalue weighted by molar-refractivity contribution is 1.41. The highest BCUT2D eigenvalue weighted by molar-refractivity contribution is 7.21. The third kappa shape index (κ3) is 3.78. The van der Waals surface area contributed by atoms with Crippen molar-refractivity contribution in [1.82, 2.24) is 9.97 Å². The predicted octanol–water partition coefficient (Wildman–Crippen LogP) is 10.5. The van der Waals surface area contributed by atoms with Gasteiger partial charge in [-0.05, 0) is 53.1 Å². The minimum absolute atomic E-state index is 1.02. The van der Waals surface area contributed by atoms with Crippen LogP contribution in [0, 0.1) is 6.92 Å². The number of benzene rings is 6. The van der Waals surface area contributed by atoms with Crippen molar-refractivity contribution in [3.05, 3.63) is 133 Å². The van der Waals surface area contributed by atoms with E-state index < -0.39 is 0 Å². The van der Waals surface area contributed by atoms with E-state index in [0.717, 1.165) is 32.9 Å². The number of nitrogens with zero attached hydrogens (tertiary/aromatic N) is 2. The molecule has 8 aromatic rings. The molecule has 0 N–H and O–H groups in total. The Hall–Kier alpha value is -4.86. The molecule has 0 amide bonds.